The molecule has 0 radical (unpaired) electrons. The molecule has 0 atom stereocenters. The van der Waals surface area contributed by atoms with E-state index >= 15 is 0 Å². The Balaban J connectivity index is 1.89. The van der Waals surface area contributed by atoms with Crippen LogP contribution in [0.5, 0.6) is 0 Å². The lowest BCUT2D eigenvalue weighted by molar-refractivity contribution is 0.0571. The van der Waals surface area contributed by atoms with Crippen LogP contribution in [0.2, 0.25) is 0 Å². The van der Waals surface area contributed by atoms with Crippen LogP contribution in [0, 0.1) is 11.3 Å². The second-order valence-corrected chi connectivity index (χ2v) is 5.57. The van der Waals surface area contributed by atoms with Crippen LogP contribution in [-0.4, -0.2) is 11.7 Å². The van der Waals surface area contributed by atoms with Crippen molar-refractivity contribution in [2.75, 3.05) is 6.61 Å². The summed E-state index contributed by atoms with van der Waals surface area (Å²) in [7, 11) is 0. The average molecular weight is 196 g/mol. The highest BCUT2D eigenvalue weighted by Gasteiger charge is 2.34. The molecule has 0 heterocycles. The Kier molecular flexibility index (Phi) is 3.48. The SMILES string of the molecule is OCC1(CC2CCCC2)CCCCC1. The third-order valence-corrected chi connectivity index (χ3v) is 4.45. The fourth-order valence-electron chi connectivity index (χ4n) is 3.56. The quantitative estimate of drug-likeness (QED) is 0.732. The molecule has 1 heteroatoms. The maximum atomic E-state index is 9.60. The van der Waals surface area contributed by atoms with Gasteiger partial charge in [-0.3, -0.25) is 0 Å². The van der Waals surface area contributed by atoms with Gasteiger partial charge in [-0.15, -0.1) is 0 Å². The largest absolute Gasteiger partial charge is 0.396 e. The molecule has 2 aliphatic rings. The van der Waals surface area contributed by atoms with Gasteiger partial charge in [0, 0.05) is 6.61 Å². The smallest absolute Gasteiger partial charge is 0.0487 e. The van der Waals surface area contributed by atoms with Gasteiger partial charge in [0.05, 0.1) is 0 Å². The Morgan fingerprint density at radius 1 is 0.929 bits per heavy atom. The minimum atomic E-state index is 0.341. The van der Waals surface area contributed by atoms with Gasteiger partial charge in [-0.2, -0.15) is 0 Å². The zero-order valence-corrected chi connectivity index (χ0v) is 9.30. The van der Waals surface area contributed by atoms with Crippen molar-refractivity contribution in [2.45, 2.75) is 64.2 Å². The number of hydrogen-bond acceptors (Lipinski definition) is 1. The van der Waals surface area contributed by atoms with E-state index in [1.165, 1.54) is 64.2 Å². The molecule has 0 saturated heterocycles. The van der Waals surface area contributed by atoms with Gasteiger partial charge in [0.1, 0.15) is 0 Å². The monoisotopic (exact) mass is 196 g/mol. The predicted molar refractivity (Wildman–Crippen MR) is 59.2 cm³/mol. The van der Waals surface area contributed by atoms with E-state index in [0.717, 1.165) is 5.92 Å². The summed E-state index contributed by atoms with van der Waals surface area (Å²) in [6.45, 7) is 0.448. The Labute approximate surface area is 87.9 Å². The third-order valence-electron chi connectivity index (χ3n) is 4.45. The Morgan fingerprint density at radius 3 is 2.14 bits per heavy atom. The average Bonchev–Trinajstić information content (AvgIpc) is 2.72. The molecular weight excluding hydrogens is 172 g/mol. The molecule has 0 bridgehead atoms. The fourth-order valence-corrected chi connectivity index (χ4v) is 3.56. The number of hydrogen-bond donors (Lipinski definition) is 1. The van der Waals surface area contributed by atoms with E-state index in [2.05, 4.69) is 0 Å². The maximum Gasteiger partial charge on any atom is 0.0487 e. The summed E-state index contributed by atoms with van der Waals surface area (Å²) >= 11 is 0. The molecule has 2 saturated carbocycles. The predicted octanol–water partition coefficient (Wildman–Crippen LogP) is 3.51. The van der Waals surface area contributed by atoms with Crippen molar-refractivity contribution < 1.29 is 5.11 Å². The van der Waals surface area contributed by atoms with Gasteiger partial charge in [-0.25, -0.2) is 0 Å². The normalized spacial score (nSPS) is 28.1. The van der Waals surface area contributed by atoms with E-state index in [0.29, 0.717) is 12.0 Å². The highest BCUT2D eigenvalue weighted by Crippen LogP contribution is 2.44. The second kappa shape index (κ2) is 4.65. The van der Waals surface area contributed by atoms with Crippen LogP contribution in [0.4, 0.5) is 0 Å². The molecule has 0 aromatic rings. The van der Waals surface area contributed by atoms with E-state index in [4.69, 9.17) is 0 Å². The first kappa shape index (κ1) is 10.5. The molecule has 1 nitrogen and oxygen atoms in total. The highest BCUT2D eigenvalue weighted by molar-refractivity contribution is 4.85. The highest BCUT2D eigenvalue weighted by atomic mass is 16.3. The minimum Gasteiger partial charge on any atom is -0.396 e. The van der Waals surface area contributed by atoms with E-state index in [9.17, 15) is 5.11 Å². The van der Waals surface area contributed by atoms with Crippen molar-refractivity contribution in [1.82, 2.24) is 0 Å². The summed E-state index contributed by atoms with van der Waals surface area (Å²) < 4.78 is 0. The topological polar surface area (TPSA) is 20.2 Å². The zero-order chi connectivity index (χ0) is 9.86. The Bertz CT molecular complexity index is 164. The molecular formula is C13H24O. The van der Waals surface area contributed by atoms with Gasteiger partial charge in [0.15, 0.2) is 0 Å². The molecule has 0 aromatic carbocycles. The number of aliphatic hydroxyl groups is 1. The van der Waals surface area contributed by atoms with Crippen LogP contribution >= 0.6 is 0 Å². The van der Waals surface area contributed by atoms with E-state index in [1.807, 2.05) is 0 Å². The molecule has 0 spiro atoms. The Morgan fingerprint density at radius 2 is 1.57 bits per heavy atom. The molecule has 82 valence electrons. The van der Waals surface area contributed by atoms with Gasteiger partial charge in [0.25, 0.3) is 0 Å². The molecule has 0 unspecified atom stereocenters. The van der Waals surface area contributed by atoms with Gasteiger partial charge in [-0.05, 0) is 30.6 Å². The van der Waals surface area contributed by atoms with Crippen LogP contribution in [0.3, 0.4) is 0 Å². The lowest BCUT2D eigenvalue weighted by atomic mass is 9.69. The number of rotatable bonds is 3. The summed E-state index contributed by atoms with van der Waals surface area (Å²) in [5.74, 6) is 0.945. The third kappa shape index (κ3) is 2.31. The van der Waals surface area contributed by atoms with Crippen LogP contribution in [0.1, 0.15) is 64.2 Å². The van der Waals surface area contributed by atoms with E-state index < -0.39 is 0 Å². The van der Waals surface area contributed by atoms with Gasteiger partial charge in [-0.1, -0.05) is 44.9 Å². The van der Waals surface area contributed by atoms with Crippen LogP contribution in [0.25, 0.3) is 0 Å². The summed E-state index contributed by atoms with van der Waals surface area (Å²) in [6.07, 6.45) is 13.7. The zero-order valence-electron chi connectivity index (χ0n) is 9.30. The molecule has 0 aliphatic heterocycles. The van der Waals surface area contributed by atoms with Crippen LogP contribution in [-0.2, 0) is 0 Å². The molecule has 0 aromatic heterocycles. The Hall–Kier alpha value is -0.0400. The van der Waals surface area contributed by atoms with Crippen molar-refractivity contribution in [1.29, 1.82) is 0 Å². The van der Waals surface area contributed by atoms with E-state index in [-0.39, 0.29) is 0 Å². The standard InChI is InChI=1S/C13H24O/c14-11-13(8-4-1-5-9-13)10-12-6-2-3-7-12/h12,14H,1-11H2. The van der Waals surface area contributed by atoms with Gasteiger partial charge < -0.3 is 5.11 Å². The van der Waals surface area contributed by atoms with Crippen LogP contribution < -0.4 is 0 Å². The first-order chi connectivity index (χ1) is 6.85. The summed E-state index contributed by atoms with van der Waals surface area (Å²) in [5.41, 5.74) is 0.341. The van der Waals surface area contributed by atoms with Crippen molar-refractivity contribution in [3.63, 3.8) is 0 Å². The molecule has 2 fully saturated rings. The first-order valence-electron chi connectivity index (χ1n) is 6.46. The molecule has 2 rings (SSSR count). The minimum absolute atomic E-state index is 0.341. The first-order valence-corrected chi connectivity index (χ1v) is 6.46. The molecule has 1 N–H and O–H groups in total. The summed E-state index contributed by atoms with van der Waals surface area (Å²) in [4.78, 5) is 0. The second-order valence-electron chi connectivity index (χ2n) is 5.57. The van der Waals surface area contributed by atoms with E-state index in [1.54, 1.807) is 0 Å². The lowest BCUT2D eigenvalue weighted by Gasteiger charge is -2.37. The summed E-state index contributed by atoms with van der Waals surface area (Å²) in [6, 6.07) is 0. The lowest BCUT2D eigenvalue weighted by Crippen LogP contribution is -2.30. The van der Waals surface area contributed by atoms with Crippen LogP contribution in [0.15, 0.2) is 0 Å². The van der Waals surface area contributed by atoms with Gasteiger partial charge >= 0.3 is 0 Å². The van der Waals surface area contributed by atoms with Crippen molar-refractivity contribution in [3.05, 3.63) is 0 Å². The van der Waals surface area contributed by atoms with Gasteiger partial charge in [0.2, 0.25) is 0 Å². The molecule has 0 amide bonds. The molecule has 14 heavy (non-hydrogen) atoms. The van der Waals surface area contributed by atoms with Crippen molar-refractivity contribution in [3.8, 4) is 0 Å². The maximum absolute atomic E-state index is 9.60. The molecule has 2 aliphatic carbocycles. The fraction of sp³-hybridized carbons (Fsp3) is 1.00. The van der Waals surface area contributed by atoms with Crippen molar-refractivity contribution in [2.24, 2.45) is 11.3 Å². The number of aliphatic hydroxyl groups excluding tert-OH is 1. The summed E-state index contributed by atoms with van der Waals surface area (Å²) in [5, 5.41) is 9.60. The van der Waals surface area contributed by atoms with Crippen molar-refractivity contribution >= 4 is 0 Å².